The van der Waals surface area contributed by atoms with Crippen molar-refractivity contribution in [3.63, 3.8) is 0 Å². The third-order valence-electron chi connectivity index (χ3n) is 6.39. The number of anilines is 3. The topological polar surface area (TPSA) is 139 Å². The predicted molar refractivity (Wildman–Crippen MR) is 160 cm³/mol. The van der Waals surface area contributed by atoms with Crippen molar-refractivity contribution in [2.45, 2.75) is 39.3 Å². The predicted octanol–water partition coefficient (Wildman–Crippen LogP) is 5.15. The normalized spacial score (nSPS) is 13.3. The van der Waals surface area contributed by atoms with Crippen molar-refractivity contribution < 1.29 is 17.9 Å². The number of hydrogen-bond donors (Lipinski definition) is 4. The summed E-state index contributed by atoms with van der Waals surface area (Å²) in [5.74, 6) is 1.07. The molecule has 12 heteroatoms. The van der Waals surface area contributed by atoms with E-state index in [2.05, 4.69) is 58.6 Å². The van der Waals surface area contributed by atoms with Crippen LogP contribution in [0.15, 0.2) is 67.0 Å². The first kappa shape index (κ1) is 28.1. The number of fused-ring (bicyclic) bond motifs is 1. The Labute approximate surface area is 239 Å². The largest absolute Gasteiger partial charge is 0.457 e. The number of nitrogens with one attached hydrogen (secondary N) is 4. The standard InChI is InChI=1S/C29H33N7O4S/c1-29(2,3)36-18-25(27(34-36)20-5-6-21-17-30-13-11-19(21)15-20)33-28(37)32-22-7-9-23(10-8-22)40-24-12-14-31-26(16-24)35-41(4,38)39/h5-10,12,14-16,18,30H,11,13,17H2,1-4H3,(H,31,35)(H2,32,33,37). The molecule has 0 spiro atoms. The summed E-state index contributed by atoms with van der Waals surface area (Å²) in [6.45, 7) is 7.97. The van der Waals surface area contributed by atoms with Crippen molar-refractivity contribution in [2.24, 2.45) is 0 Å². The molecule has 0 saturated carbocycles. The van der Waals surface area contributed by atoms with Crippen LogP contribution in [-0.2, 0) is 28.5 Å². The second-order valence-corrected chi connectivity index (χ2v) is 12.6. The molecule has 214 valence electrons. The molecule has 41 heavy (non-hydrogen) atoms. The molecular weight excluding hydrogens is 542 g/mol. The van der Waals surface area contributed by atoms with E-state index in [0.29, 0.717) is 28.6 Å². The molecule has 0 saturated heterocycles. The first-order valence-corrected chi connectivity index (χ1v) is 15.0. The maximum atomic E-state index is 13.0. The summed E-state index contributed by atoms with van der Waals surface area (Å²) in [7, 11) is -3.46. The number of carbonyl (C=O) groups excluding carboxylic acids is 1. The van der Waals surface area contributed by atoms with Gasteiger partial charge < -0.3 is 20.7 Å². The molecule has 4 N–H and O–H groups in total. The molecule has 0 unspecified atom stereocenters. The van der Waals surface area contributed by atoms with Gasteiger partial charge in [-0.05, 0) is 81.3 Å². The van der Waals surface area contributed by atoms with E-state index >= 15 is 0 Å². The molecular formula is C29H33N7O4S. The SMILES string of the molecule is CC(C)(C)n1cc(NC(=O)Nc2ccc(Oc3ccnc(NS(C)(=O)=O)c3)cc2)c(-c2ccc3c(c2)CCNC3)n1. The first-order chi connectivity index (χ1) is 19.4. The molecule has 11 nitrogen and oxygen atoms in total. The van der Waals surface area contributed by atoms with Crippen molar-refractivity contribution in [3.05, 3.63) is 78.1 Å². The van der Waals surface area contributed by atoms with Crippen molar-refractivity contribution in [2.75, 3.05) is 28.2 Å². The number of hydrogen-bond acceptors (Lipinski definition) is 7. The Bertz CT molecular complexity index is 1680. The molecule has 0 aliphatic carbocycles. The van der Waals surface area contributed by atoms with Crippen molar-refractivity contribution >= 4 is 33.2 Å². The molecule has 0 bridgehead atoms. The Morgan fingerprint density at radius 2 is 1.78 bits per heavy atom. The van der Waals surface area contributed by atoms with Crippen LogP contribution in [0.25, 0.3) is 11.3 Å². The molecule has 0 atom stereocenters. The van der Waals surface area contributed by atoms with Gasteiger partial charge in [0, 0.05) is 36.3 Å². The van der Waals surface area contributed by atoms with Gasteiger partial charge in [-0.2, -0.15) is 5.10 Å². The number of carbonyl (C=O) groups is 1. The third-order valence-corrected chi connectivity index (χ3v) is 6.97. The Kier molecular flexibility index (Phi) is 7.70. The fraction of sp³-hybridized carbons (Fsp3) is 0.276. The van der Waals surface area contributed by atoms with E-state index < -0.39 is 16.1 Å². The zero-order chi connectivity index (χ0) is 29.2. The average Bonchev–Trinajstić information content (AvgIpc) is 3.33. The van der Waals surface area contributed by atoms with Crippen molar-refractivity contribution in [1.29, 1.82) is 0 Å². The van der Waals surface area contributed by atoms with Gasteiger partial charge in [-0.15, -0.1) is 0 Å². The highest BCUT2D eigenvalue weighted by Gasteiger charge is 2.21. The summed E-state index contributed by atoms with van der Waals surface area (Å²) in [4.78, 5) is 17.0. The molecule has 2 amide bonds. The molecule has 1 aliphatic rings. The van der Waals surface area contributed by atoms with Crippen molar-refractivity contribution in [3.8, 4) is 22.8 Å². The zero-order valence-electron chi connectivity index (χ0n) is 23.4. The van der Waals surface area contributed by atoms with Crippen LogP contribution in [0.4, 0.5) is 22.0 Å². The number of sulfonamides is 1. The highest BCUT2D eigenvalue weighted by Crippen LogP contribution is 2.32. The highest BCUT2D eigenvalue weighted by molar-refractivity contribution is 7.92. The number of pyridine rings is 1. The van der Waals surface area contributed by atoms with Gasteiger partial charge in [-0.1, -0.05) is 12.1 Å². The molecule has 4 aromatic rings. The van der Waals surface area contributed by atoms with Gasteiger partial charge in [0.2, 0.25) is 10.0 Å². The first-order valence-electron chi connectivity index (χ1n) is 13.2. The lowest BCUT2D eigenvalue weighted by atomic mass is 9.97. The van der Waals surface area contributed by atoms with Crippen LogP contribution in [0.3, 0.4) is 0 Å². The number of nitrogens with zero attached hydrogens (tertiary/aromatic N) is 3. The quantitative estimate of drug-likeness (QED) is 0.239. The lowest BCUT2D eigenvalue weighted by Crippen LogP contribution is -2.23. The lowest BCUT2D eigenvalue weighted by molar-refractivity contribution is 0.262. The molecule has 3 heterocycles. The smallest absolute Gasteiger partial charge is 0.323 e. The van der Waals surface area contributed by atoms with Gasteiger partial charge in [0.1, 0.15) is 23.0 Å². The Morgan fingerprint density at radius 3 is 2.51 bits per heavy atom. The average molecular weight is 576 g/mol. The van der Waals surface area contributed by atoms with Crippen molar-refractivity contribution in [1.82, 2.24) is 20.1 Å². The number of urea groups is 1. The summed E-state index contributed by atoms with van der Waals surface area (Å²) in [5, 5.41) is 14.1. The van der Waals surface area contributed by atoms with Gasteiger partial charge in [-0.25, -0.2) is 18.2 Å². The molecule has 2 aromatic carbocycles. The number of amides is 2. The minimum absolute atomic E-state index is 0.154. The minimum atomic E-state index is -3.46. The van der Waals surface area contributed by atoms with E-state index in [-0.39, 0.29) is 11.4 Å². The van der Waals surface area contributed by atoms with E-state index in [0.717, 1.165) is 31.3 Å². The summed E-state index contributed by atoms with van der Waals surface area (Å²) in [6, 6.07) is 15.8. The van der Waals surface area contributed by atoms with Gasteiger partial charge in [0.05, 0.1) is 17.5 Å². The van der Waals surface area contributed by atoms with Crippen LogP contribution >= 0.6 is 0 Å². The highest BCUT2D eigenvalue weighted by atomic mass is 32.2. The summed E-state index contributed by atoms with van der Waals surface area (Å²) in [6.07, 6.45) is 5.30. The van der Waals surface area contributed by atoms with E-state index in [9.17, 15) is 13.2 Å². The zero-order valence-corrected chi connectivity index (χ0v) is 24.2. The monoisotopic (exact) mass is 575 g/mol. The van der Waals surface area contributed by atoms with Crippen LogP contribution in [0, 0.1) is 0 Å². The van der Waals surface area contributed by atoms with E-state index in [1.165, 1.54) is 23.4 Å². The summed E-state index contributed by atoms with van der Waals surface area (Å²) in [5.41, 5.74) is 5.15. The molecule has 2 aromatic heterocycles. The Balaban J connectivity index is 1.29. The number of ether oxygens (including phenoxy) is 1. The third kappa shape index (κ3) is 7.21. The summed E-state index contributed by atoms with van der Waals surface area (Å²) >= 11 is 0. The van der Waals surface area contributed by atoms with E-state index in [4.69, 9.17) is 9.84 Å². The van der Waals surface area contributed by atoms with Gasteiger partial charge in [0.25, 0.3) is 0 Å². The Morgan fingerprint density at radius 1 is 1.00 bits per heavy atom. The van der Waals surface area contributed by atoms with Gasteiger partial charge in [-0.3, -0.25) is 9.40 Å². The second kappa shape index (κ2) is 11.2. The Hall–Kier alpha value is -4.42. The second-order valence-electron chi connectivity index (χ2n) is 10.9. The maximum absolute atomic E-state index is 13.0. The van der Waals surface area contributed by atoms with E-state index in [1.807, 2.05) is 16.9 Å². The summed E-state index contributed by atoms with van der Waals surface area (Å²) < 4.78 is 32.9. The fourth-order valence-electron chi connectivity index (χ4n) is 4.39. The number of rotatable bonds is 7. The number of aromatic nitrogens is 3. The van der Waals surface area contributed by atoms with Gasteiger partial charge >= 0.3 is 6.03 Å². The lowest BCUT2D eigenvalue weighted by Gasteiger charge is -2.19. The van der Waals surface area contributed by atoms with Crippen LogP contribution in [0.5, 0.6) is 11.5 Å². The maximum Gasteiger partial charge on any atom is 0.323 e. The van der Waals surface area contributed by atoms with Crippen LogP contribution in [-0.4, -0.2) is 42.0 Å². The molecule has 0 radical (unpaired) electrons. The number of benzene rings is 2. The minimum Gasteiger partial charge on any atom is -0.457 e. The van der Waals surface area contributed by atoms with Gasteiger partial charge in [0.15, 0.2) is 0 Å². The van der Waals surface area contributed by atoms with E-state index in [1.54, 1.807) is 30.3 Å². The van der Waals surface area contributed by atoms with Crippen LogP contribution in [0.1, 0.15) is 31.9 Å². The molecule has 0 fully saturated rings. The van der Waals surface area contributed by atoms with Crippen LogP contribution in [0.2, 0.25) is 0 Å². The molecule has 5 rings (SSSR count). The fourth-order valence-corrected chi connectivity index (χ4v) is 4.89. The van der Waals surface area contributed by atoms with Crippen LogP contribution < -0.4 is 25.4 Å². The molecule has 1 aliphatic heterocycles.